The van der Waals surface area contributed by atoms with Gasteiger partial charge in [-0.05, 0) is 24.5 Å². The first-order valence-corrected chi connectivity index (χ1v) is 6.69. The maximum atomic E-state index is 5.92. The van der Waals surface area contributed by atoms with Gasteiger partial charge in [0.2, 0.25) is 0 Å². The third-order valence-corrected chi connectivity index (χ3v) is 3.60. The van der Waals surface area contributed by atoms with Crippen molar-refractivity contribution in [2.24, 2.45) is 5.92 Å². The van der Waals surface area contributed by atoms with Crippen LogP contribution in [0.1, 0.15) is 23.7 Å². The Hall–Kier alpha value is -0.900. The minimum atomic E-state index is 0.251. The predicted molar refractivity (Wildman–Crippen MR) is 72.7 cm³/mol. The van der Waals surface area contributed by atoms with Crippen LogP contribution in [0.2, 0.25) is 0 Å². The van der Waals surface area contributed by atoms with Crippen molar-refractivity contribution in [1.82, 2.24) is 5.32 Å². The summed E-state index contributed by atoms with van der Waals surface area (Å²) in [5.74, 6) is 0.572. The van der Waals surface area contributed by atoms with Gasteiger partial charge < -0.3 is 14.8 Å². The topological polar surface area (TPSA) is 30.5 Å². The largest absolute Gasteiger partial charge is 0.383 e. The van der Waals surface area contributed by atoms with Crippen LogP contribution in [-0.4, -0.2) is 33.4 Å². The monoisotopic (exact) mass is 249 g/mol. The van der Waals surface area contributed by atoms with Gasteiger partial charge in [0, 0.05) is 32.7 Å². The zero-order valence-electron chi connectivity index (χ0n) is 11.3. The summed E-state index contributed by atoms with van der Waals surface area (Å²) in [5.41, 5.74) is 2.67. The Morgan fingerprint density at radius 2 is 2.22 bits per heavy atom. The molecule has 1 heterocycles. The molecule has 0 aromatic heterocycles. The van der Waals surface area contributed by atoms with E-state index in [-0.39, 0.29) is 6.10 Å². The zero-order chi connectivity index (χ0) is 12.8. The van der Waals surface area contributed by atoms with Gasteiger partial charge in [-0.25, -0.2) is 0 Å². The van der Waals surface area contributed by atoms with Gasteiger partial charge in [0.05, 0.1) is 12.7 Å². The van der Waals surface area contributed by atoms with Crippen LogP contribution in [0, 0.1) is 12.8 Å². The molecule has 1 aliphatic heterocycles. The highest BCUT2D eigenvalue weighted by molar-refractivity contribution is 5.28. The van der Waals surface area contributed by atoms with E-state index in [1.54, 1.807) is 7.11 Å². The summed E-state index contributed by atoms with van der Waals surface area (Å²) in [5, 5.41) is 3.44. The molecule has 0 bridgehead atoms. The van der Waals surface area contributed by atoms with Gasteiger partial charge in [0.1, 0.15) is 0 Å². The molecule has 2 unspecified atom stereocenters. The fraction of sp³-hybridized carbons (Fsp3) is 0.600. The third-order valence-electron chi connectivity index (χ3n) is 3.60. The minimum Gasteiger partial charge on any atom is -0.383 e. The molecule has 0 aliphatic carbocycles. The Balaban J connectivity index is 1.93. The molecule has 3 heteroatoms. The smallest absolute Gasteiger partial charge is 0.0868 e. The highest BCUT2D eigenvalue weighted by Crippen LogP contribution is 2.35. The summed E-state index contributed by atoms with van der Waals surface area (Å²) < 4.78 is 11.0. The molecule has 0 amide bonds. The molecule has 3 nitrogen and oxygen atoms in total. The number of aryl methyl sites for hydroxylation is 1. The van der Waals surface area contributed by atoms with Crippen LogP contribution in [0.25, 0.3) is 0 Å². The summed E-state index contributed by atoms with van der Waals surface area (Å²) in [4.78, 5) is 0. The predicted octanol–water partition coefficient (Wildman–Crippen LogP) is 2.31. The van der Waals surface area contributed by atoms with E-state index >= 15 is 0 Å². The summed E-state index contributed by atoms with van der Waals surface area (Å²) >= 11 is 0. The SMILES string of the molecule is COCCNCC1CCOC1c1ccccc1C. The molecule has 1 fully saturated rings. The molecule has 18 heavy (non-hydrogen) atoms. The summed E-state index contributed by atoms with van der Waals surface area (Å²) in [6.07, 6.45) is 1.39. The lowest BCUT2D eigenvalue weighted by molar-refractivity contribution is 0.0893. The van der Waals surface area contributed by atoms with Crippen molar-refractivity contribution in [3.8, 4) is 0 Å². The molecule has 0 spiro atoms. The molecule has 0 saturated carbocycles. The molecular weight excluding hydrogens is 226 g/mol. The molecular formula is C15H23NO2. The minimum absolute atomic E-state index is 0.251. The van der Waals surface area contributed by atoms with Gasteiger partial charge in [-0.3, -0.25) is 0 Å². The van der Waals surface area contributed by atoms with E-state index in [9.17, 15) is 0 Å². The van der Waals surface area contributed by atoms with Crippen LogP contribution in [-0.2, 0) is 9.47 Å². The zero-order valence-corrected chi connectivity index (χ0v) is 11.3. The first-order chi connectivity index (χ1) is 8.83. The molecule has 100 valence electrons. The normalized spacial score (nSPS) is 23.4. The summed E-state index contributed by atoms with van der Waals surface area (Å²) in [6, 6.07) is 8.53. The van der Waals surface area contributed by atoms with E-state index in [2.05, 4.69) is 36.5 Å². The van der Waals surface area contributed by atoms with E-state index in [0.29, 0.717) is 5.92 Å². The summed E-state index contributed by atoms with van der Waals surface area (Å²) in [7, 11) is 1.73. The Labute approximate surface area is 109 Å². The van der Waals surface area contributed by atoms with E-state index < -0.39 is 0 Å². The lowest BCUT2D eigenvalue weighted by Crippen LogP contribution is -2.27. The van der Waals surface area contributed by atoms with Crippen molar-refractivity contribution < 1.29 is 9.47 Å². The van der Waals surface area contributed by atoms with Crippen LogP contribution >= 0.6 is 0 Å². The van der Waals surface area contributed by atoms with Gasteiger partial charge in [0.15, 0.2) is 0 Å². The van der Waals surface area contributed by atoms with Gasteiger partial charge in [0.25, 0.3) is 0 Å². The van der Waals surface area contributed by atoms with Crippen LogP contribution < -0.4 is 5.32 Å². The fourth-order valence-electron chi connectivity index (χ4n) is 2.55. The number of hydrogen-bond donors (Lipinski definition) is 1. The second-order valence-corrected chi connectivity index (χ2v) is 4.89. The van der Waals surface area contributed by atoms with Crippen molar-refractivity contribution >= 4 is 0 Å². The highest BCUT2D eigenvalue weighted by atomic mass is 16.5. The first-order valence-electron chi connectivity index (χ1n) is 6.69. The van der Waals surface area contributed by atoms with Crippen LogP contribution in [0.4, 0.5) is 0 Å². The quantitative estimate of drug-likeness (QED) is 0.785. The molecule has 1 aliphatic rings. The van der Waals surface area contributed by atoms with Crippen molar-refractivity contribution in [2.75, 3.05) is 33.4 Å². The maximum absolute atomic E-state index is 5.92. The lowest BCUT2D eigenvalue weighted by Gasteiger charge is -2.21. The van der Waals surface area contributed by atoms with E-state index in [4.69, 9.17) is 9.47 Å². The fourth-order valence-corrected chi connectivity index (χ4v) is 2.55. The Kier molecular flexibility index (Phi) is 5.17. The average Bonchev–Trinajstić information content (AvgIpc) is 2.83. The second-order valence-electron chi connectivity index (χ2n) is 4.89. The van der Waals surface area contributed by atoms with Crippen molar-refractivity contribution in [1.29, 1.82) is 0 Å². The van der Waals surface area contributed by atoms with Crippen LogP contribution in [0.15, 0.2) is 24.3 Å². The molecule has 2 atom stereocenters. The van der Waals surface area contributed by atoms with Gasteiger partial charge in [-0.2, -0.15) is 0 Å². The van der Waals surface area contributed by atoms with Crippen LogP contribution in [0.3, 0.4) is 0 Å². The van der Waals surface area contributed by atoms with Crippen molar-refractivity contribution in [2.45, 2.75) is 19.4 Å². The van der Waals surface area contributed by atoms with Crippen LogP contribution in [0.5, 0.6) is 0 Å². The van der Waals surface area contributed by atoms with E-state index in [0.717, 1.165) is 32.7 Å². The van der Waals surface area contributed by atoms with E-state index in [1.165, 1.54) is 11.1 Å². The average molecular weight is 249 g/mol. The maximum Gasteiger partial charge on any atom is 0.0868 e. The molecule has 0 radical (unpaired) electrons. The number of nitrogens with one attached hydrogen (secondary N) is 1. The summed E-state index contributed by atoms with van der Waals surface area (Å²) in [6.45, 7) is 5.71. The van der Waals surface area contributed by atoms with Crippen molar-refractivity contribution in [3.63, 3.8) is 0 Å². The highest BCUT2D eigenvalue weighted by Gasteiger charge is 2.29. The molecule has 1 saturated heterocycles. The Bertz CT molecular complexity index is 367. The lowest BCUT2D eigenvalue weighted by atomic mass is 9.92. The second kappa shape index (κ2) is 6.88. The molecule has 1 N–H and O–H groups in total. The third kappa shape index (κ3) is 3.31. The molecule has 1 aromatic carbocycles. The van der Waals surface area contributed by atoms with Gasteiger partial charge >= 0.3 is 0 Å². The Morgan fingerprint density at radius 3 is 3.00 bits per heavy atom. The first kappa shape index (κ1) is 13.5. The standard InChI is InChI=1S/C15H23NO2/c1-12-5-3-4-6-14(12)15-13(7-9-18-15)11-16-8-10-17-2/h3-6,13,15-16H,7-11H2,1-2H3. The van der Waals surface area contributed by atoms with Gasteiger partial charge in [-0.1, -0.05) is 24.3 Å². The van der Waals surface area contributed by atoms with Crippen molar-refractivity contribution in [3.05, 3.63) is 35.4 Å². The number of methoxy groups -OCH3 is 1. The number of hydrogen-bond acceptors (Lipinski definition) is 3. The molecule has 2 rings (SSSR count). The molecule has 1 aromatic rings. The number of ether oxygens (including phenoxy) is 2. The van der Waals surface area contributed by atoms with Gasteiger partial charge in [-0.15, -0.1) is 0 Å². The number of rotatable bonds is 6. The number of benzene rings is 1. The Morgan fingerprint density at radius 1 is 1.39 bits per heavy atom. The van der Waals surface area contributed by atoms with E-state index in [1.807, 2.05) is 0 Å².